The summed E-state index contributed by atoms with van der Waals surface area (Å²) < 4.78 is 6.41. The molecular weight excluding hydrogens is 467 g/mol. The van der Waals surface area contributed by atoms with Crippen molar-refractivity contribution in [3.8, 4) is 5.75 Å². The monoisotopic (exact) mass is 486 g/mol. The van der Waals surface area contributed by atoms with E-state index in [4.69, 9.17) is 27.9 Å². The number of ether oxygens (including phenoxy) is 1. The minimum Gasteiger partial charge on any atom is -0.482 e. The van der Waals surface area contributed by atoms with Crippen LogP contribution in [0.1, 0.15) is 18.9 Å². The molecule has 2 amide bonds. The fourth-order valence-electron chi connectivity index (χ4n) is 2.69. The number of carbonyl (C=O) groups is 2. The molecule has 8 heteroatoms. The summed E-state index contributed by atoms with van der Waals surface area (Å²) in [7, 11) is 1.55. The summed E-state index contributed by atoms with van der Waals surface area (Å²) in [4.78, 5) is 26.7. The molecule has 0 aliphatic rings. The molecule has 0 unspecified atom stereocenters. The maximum atomic E-state index is 12.9. The molecule has 0 saturated carbocycles. The number of benzene rings is 2. The first-order valence-electron chi connectivity index (χ1n) is 8.69. The molecule has 0 fully saturated rings. The zero-order chi connectivity index (χ0) is 20.7. The quantitative estimate of drug-likeness (QED) is 0.587. The maximum Gasteiger partial charge on any atom is 0.261 e. The van der Waals surface area contributed by atoms with Gasteiger partial charge in [-0.3, -0.25) is 9.59 Å². The molecule has 2 rings (SSSR count). The Balaban J connectivity index is 2.19. The van der Waals surface area contributed by atoms with E-state index in [2.05, 4.69) is 21.2 Å². The first-order chi connectivity index (χ1) is 13.3. The van der Waals surface area contributed by atoms with E-state index in [-0.39, 0.29) is 25.0 Å². The van der Waals surface area contributed by atoms with Gasteiger partial charge in [0.15, 0.2) is 6.61 Å². The number of carbonyl (C=O) groups excluding carboxylic acids is 2. The number of hydrogen-bond donors (Lipinski definition) is 1. The first-order valence-corrected chi connectivity index (χ1v) is 10.2. The van der Waals surface area contributed by atoms with Gasteiger partial charge < -0.3 is 15.0 Å². The molecule has 2 aromatic carbocycles. The summed E-state index contributed by atoms with van der Waals surface area (Å²) >= 11 is 15.4. The number of amides is 2. The average Bonchev–Trinajstić information content (AvgIpc) is 2.68. The van der Waals surface area contributed by atoms with Crippen molar-refractivity contribution in [2.75, 3.05) is 13.7 Å². The van der Waals surface area contributed by atoms with Gasteiger partial charge in [0.2, 0.25) is 5.91 Å². The fraction of sp³-hybridized carbons (Fsp3) is 0.300. The summed E-state index contributed by atoms with van der Waals surface area (Å²) in [6, 6.07) is 11.7. The minimum absolute atomic E-state index is 0.230. The normalized spacial score (nSPS) is 11.6. The average molecular weight is 488 g/mol. The van der Waals surface area contributed by atoms with E-state index in [9.17, 15) is 9.59 Å². The Morgan fingerprint density at radius 2 is 1.86 bits per heavy atom. The standard InChI is InChI=1S/C20H21BrCl2N2O3/c1-3-17(20(27)24-2)25(11-13-4-7-15(22)8-5-13)19(26)12-28-18-9-6-14(21)10-16(18)23/h4-10,17H,3,11-12H2,1-2H3,(H,24,27)/t17-/m1/s1. The van der Waals surface area contributed by atoms with Crippen LogP contribution in [0.4, 0.5) is 0 Å². The largest absolute Gasteiger partial charge is 0.482 e. The number of nitrogens with zero attached hydrogens (tertiary/aromatic N) is 1. The molecule has 0 saturated heterocycles. The maximum absolute atomic E-state index is 12.9. The van der Waals surface area contributed by atoms with Crippen molar-refractivity contribution in [2.45, 2.75) is 25.9 Å². The summed E-state index contributed by atoms with van der Waals surface area (Å²) in [6.45, 7) is 1.89. The van der Waals surface area contributed by atoms with E-state index < -0.39 is 6.04 Å². The van der Waals surface area contributed by atoms with Crippen LogP contribution >= 0.6 is 39.1 Å². The molecule has 5 nitrogen and oxygen atoms in total. The van der Waals surface area contributed by atoms with E-state index >= 15 is 0 Å². The summed E-state index contributed by atoms with van der Waals surface area (Å²) in [5.41, 5.74) is 0.863. The van der Waals surface area contributed by atoms with Crippen molar-refractivity contribution >= 4 is 50.9 Å². The lowest BCUT2D eigenvalue weighted by atomic mass is 10.1. The van der Waals surface area contributed by atoms with Gasteiger partial charge in [0, 0.05) is 23.1 Å². The van der Waals surface area contributed by atoms with E-state index in [1.165, 1.54) is 4.90 Å². The second-order valence-electron chi connectivity index (χ2n) is 6.05. The van der Waals surface area contributed by atoms with Crippen LogP contribution in [0.25, 0.3) is 0 Å². The predicted molar refractivity (Wildman–Crippen MR) is 115 cm³/mol. The van der Waals surface area contributed by atoms with Gasteiger partial charge in [-0.1, -0.05) is 58.2 Å². The third kappa shape index (κ3) is 6.12. The molecule has 0 aliphatic carbocycles. The number of halogens is 3. The molecule has 0 aromatic heterocycles. The highest BCUT2D eigenvalue weighted by atomic mass is 79.9. The molecule has 1 atom stereocenters. The van der Waals surface area contributed by atoms with Gasteiger partial charge in [-0.2, -0.15) is 0 Å². The van der Waals surface area contributed by atoms with Crippen molar-refractivity contribution in [2.24, 2.45) is 0 Å². The van der Waals surface area contributed by atoms with Gasteiger partial charge in [-0.15, -0.1) is 0 Å². The van der Waals surface area contributed by atoms with Gasteiger partial charge in [-0.25, -0.2) is 0 Å². The number of hydrogen-bond acceptors (Lipinski definition) is 3. The van der Waals surface area contributed by atoms with Crippen molar-refractivity contribution < 1.29 is 14.3 Å². The summed E-state index contributed by atoms with van der Waals surface area (Å²) in [5, 5.41) is 3.61. The van der Waals surface area contributed by atoms with Crippen LogP contribution in [0, 0.1) is 0 Å². The SMILES string of the molecule is CC[C@H](C(=O)NC)N(Cc1ccc(Cl)cc1)C(=O)COc1ccc(Br)cc1Cl. The molecule has 0 heterocycles. The molecule has 0 bridgehead atoms. The van der Waals surface area contributed by atoms with Crippen LogP contribution in [0.5, 0.6) is 5.75 Å². The molecule has 2 aromatic rings. The lowest BCUT2D eigenvalue weighted by Gasteiger charge is -2.30. The molecule has 28 heavy (non-hydrogen) atoms. The highest BCUT2D eigenvalue weighted by Gasteiger charge is 2.28. The Labute approximate surface area is 183 Å². The van der Waals surface area contributed by atoms with Gasteiger partial charge in [0.1, 0.15) is 11.8 Å². The fourth-order valence-corrected chi connectivity index (χ4v) is 3.54. The second-order valence-corrected chi connectivity index (χ2v) is 7.81. The topological polar surface area (TPSA) is 58.6 Å². The zero-order valence-corrected chi connectivity index (χ0v) is 18.6. The number of likely N-dealkylation sites (N-methyl/N-ethyl adjacent to an activating group) is 1. The van der Waals surface area contributed by atoms with E-state index in [0.717, 1.165) is 10.0 Å². The molecule has 0 aliphatic heterocycles. The lowest BCUT2D eigenvalue weighted by molar-refractivity contribution is -0.142. The van der Waals surface area contributed by atoms with Gasteiger partial charge in [0.05, 0.1) is 5.02 Å². The van der Waals surface area contributed by atoms with Gasteiger partial charge in [-0.05, 0) is 42.3 Å². The Hall–Kier alpha value is -1.76. The van der Waals surface area contributed by atoms with Gasteiger partial charge in [0.25, 0.3) is 5.91 Å². The molecule has 150 valence electrons. The summed E-state index contributed by atoms with van der Waals surface area (Å²) in [6.07, 6.45) is 0.470. The first kappa shape index (κ1) is 22.5. The highest BCUT2D eigenvalue weighted by molar-refractivity contribution is 9.10. The van der Waals surface area contributed by atoms with Crippen LogP contribution in [0.15, 0.2) is 46.9 Å². The molecule has 1 N–H and O–H groups in total. The van der Waals surface area contributed by atoms with Crippen molar-refractivity contribution in [1.82, 2.24) is 10.2 Å². The van der Waals surface area contributed by atoms with Crippen LogP contribution < -0.4 is 10.1 Å². The third-order valence-electron chi connectivity index (χ3n) is 4.14. The Kier molecular flexibility index (Phi) is 8.60. The Morgan fingerprint density at radius 1 is 1.18 bits per heavy atom. The smallest absolute Gasteiger partial charge is 0.261 e. The van der Waals surface area contributed by atoms with Crippen LogP contribution in [-0.4, -0.2) is 36.4 Å². The number of nitrogens with one attached hydrogen (secondary N) is 1. The molecule has 0 spiro atoms. The molecule has 0 radical (unpaired) electrons. The van der Waals surface area contributed by atoms with Crippen LogP contribution in [-0.2, 0) is 16.1 Å². The summed E-state index contributed by atoms with van der Waals surface area (Å²) in [5.74, 6) is -0.145. The van der Waals surface area contributed by atoms with Crippen molar-refractivity contribution in [3.63, 3.8) is 0 Å². The van der Waals surface area contributed by atoms with Gasteiger partial charge >= 0.3 is 0 Å². The minimum atomic E-state index is -0.614. The Bertz CT molecular complexity index is 831. The predicted octanol–water partition coefficient (Wildman–Crippen LogP) is 4.69. The Morgan fingerprint density at radius 3 is 2.43 bits per heavy atom. The highest BCUT2D eigenvalue weighted by Crippen LogP contribution is 2.28. The van der Waals surface area contributed by atoms with E-state index in [0.29, 0.717) is 22.2 Å². The van der Waals surface area contributed by atoms with E-state index in [1.54, 1.807) is 37.4 Å². The van der Waals surface area contributed by atoms with Crippen LogP contribution in [0.3, 0.4) is 0 Å². The number of rotatable bonds is 8. The van der Waals surface area contributed by atoms with Crippen molar-refractivity contribution in [3.05, 3.63) is 62.5 Å². The van der Waals surface area contributed by atoms with Crippen molar-refractivity contribution in [1.29, 1.82) is 0 Å². The van der Waals surface area contributed by atoms with Crippen LogP contribution in [0.2, 0.25) is 10.0 Å². The third-order valence-corrected chi connectivity index (χ3v) is 5.18. The second kappa shape index (κ2) is 10.7. The molecular formula is C20H21BrCl2N2O3. The zero-order valence-electron chi connectivity index (χ0n) is 15.5. The lowest BCUT2D eigenvalue weighted by Crippen LogP contribution is -2.49. The van der Waals surface area contributed by atoms with E-state index in [1.807, 2.05) is 19.1 Å².